The Morgan fingerprint density at radius 3 is 2.46 bits per heavy atom. The Kier molecular flexibility index (Phi) is 7.49. The van der Waals surface area contributed by atoms with E-state index in [0.717, 1.165) is 24.2 Å². The Morgan fingerprint density at radius 1 is 1.06 bits per heavy atom. The first-order valence-electron chi connectivity index (χ1n) is 11.4. The van der Waals surface area contributed by atoms with Crippen molar-refractivity contribution < 1.29 is 27.2 Å². The third kappa shape index (κ3) is 5.70. The number of ether oxygens (including phenoxy) is 1. The van der Waals surface area contributed by atoms with E-state index in [2.05, 4.69) is 17.4 Å². The zero-order valence-electron chi connectivity index (χ0n) is 19.8. The number of hydrogen-bond donors (Lipinski definition) is 2. The number of amides is 1. The van der Waals surface area contributed by atoms with Crippen LogP contribution < -0.4 is 15.0 Å². The monoisotopic (exact) mass is 498 g/mol. The second-order valence-corrected chi connectivity index (χ2v) is 10.6. The molecule has 0 unspecified atom stereocenters. The highest BCUT2D eigenvalue weighted by molar-refractivity contribution is 7.89. The van der Waals surface area contributed by atoms with E-state index in [1.165, 1.54) is 27.9 Å². The Morgan fingerprint density at radius 2 is 1.77 bits per heavy atom. The smallest absolute Gasteiger partial charge is 0.258 e. The first kappa shape index (κ1) is 24.8. The molecule has 7 nitrogen and oxygen atoms in total. The van der Waals surface area contributed by atoms with Gasteiger partial charge in [0.05, 0.1) is 49.4 Å². The number of piperazine rings is 1. The van der Waals surface area contributed by atoms with Crippen molar-refractivity contribution in [2.75, 3.05) is 38.6 Å². The van der Waals surface area contributed by atoms with Gasteiger partial charge in [-0.05, 0) is 42.8 Å². The lowest BCUT2D eigenvalue weighted by atomic mass is 10.1. The van der Waals surface area contributed by atoms with E-state index in [0.29, 0.717) is 37.6 Å². The predicted molar refractivity (Wildman–Crippen MR) is 132 cm³/mol. The summed E-state index contributed by atoms with van der Waals surface area (Å²) in [5.41, 5.74) is 2.12. The van der Waals surface area contributed by atoms with Crippen molar-refractivity contribution in [1.82, 2.24) is 4.31 Å². The predicted octanol–water partition coefficient (Wildman–Crippen LogP) is 2.48. The van der Waals surface area contributed by atoms with E-state index in [9.17, 15) is 17.6 Å². The first-order valence-corrected chi connectivity index (χ1v) is 12.8. The molecule has 1 amide bonds. The first-order chi connectivity index (χ1) is 16.8. The molecule has 0 spiro atoms. The van der Waals surface area contributed by atoms with Crippen molar-refractivity contribution in [2.24, 2.45) is 0 Å². The molecule has 1 aliphatic rings. The normalized spacial score (nSPS) is 15.1. The van der Waals surface area contributed by atoms with Crippen LogP contribution in [0.2, 0.25) is 0 Å². The molecular formula is C26H29FN3O4S+. The van der Waals surface area contributed by atoms with Crippen molar-refractivity contribution in [3.05, 3.63) is 89.2 Å². The van der Waals surface area contributed by atoms with Crippen LogP contribution in [0, 0.1) is 12.7 Å². The summed E-state index contributed by atoms with van der Waals surface area (Å²) in [6, 6.07) is 18.6. The summed E-state index contributed by atoms with van der Waals surface area (Å²) >= 11 is 0. The number of benzene rings is 3. The third-order valence-electron chi connectivity index (χ3n) is 6.15. The molecule has 0 bridgehead atoms. The van der Waals surface area contributed by atoms with Gasteiger partial charge < -0.3 is 15.0 Å². The average molecular weight is 499 g/mol. The zero-order chi connectivity index (χ0) is 25.0. The van der Waals surface area contributed by atoms with Gasteiger partial charge in [-0.15, -0.1) is 0 Å². The Labute approximate surface area is 205 Å². The largest absolute Gasteiger partial charge is 0.495 e. The molecule has 1 heterocycles. The van der Waals surface area contributed by atoms with E-state index in [1.54, 1.807) is 12.1 Å². The lowest BCUT2D eigenvalue weighted by Gasteiger charge is -2.31. The van der Waals surface area contributed by atoms with Crippen LogP contribution in [-0.4, -0.2) is 51.9 Å². The Bertz CT molecular complexity index is 1310. The van der Waals surface area contributed by atoms with Crippen LogP contribution in [0.4, 0.5) is 10.1 Å². The minimum atomic E-state index is -3.87. The zero-order valence-corrected chi connectivity index (χ0v) is 20.6. The van der Waals surface area contributed by atoms with E-state index >= 15 is 0 Å². The van der Waals surface area contributed by atoms with Gasteiger partial charge in [-0.25, -0.2) is 12.8 Å². The molecule has 0 saturated carbocycles. The molecular weight excluding hydrogens is 469 g/mol. The molecule has 3 aromatic rings. The molecule has 184 valence electrons. The molecule has 2 N–H and O–H groups in total. The molecule has 1 fully saturated rings. The number of quaternary nitrogens is 1. The SMILES string of the molecule is COc1ccc(C)cc1NC(=O)c1cc(S(=O)(=O)N2CC[NH+](Cc3ccccc3)CC2)ccc1F. The van der Waals surface area contributed by atoms with Crippen LogP contribution in [0.1, 0.15) is 21.5 Å². The fraction of sp³-hybridized carbons (Fsp3) is 0.269. The van der Waals surface area contributed by atoms with Crippen molar-refractivity contribution in [3.63, 3.8) is 0 Å². The number of aryl methyl sites for hydroxylation is 1. The van der Waals surface area contributed by atoms with Crippen LogP contribution in [-0.2, 0) is 16.6 Å². The van der Waals surface area contributed by atoms with Crippen LogP contribution in [0.3, 0.4) is 0 Å². The molecule has 9 heteroatoms. The number of hydrogen-bond acceptors (Lipinski definition) is 4. The Hall–Kier alpha value is -3.27. The highest BCUT2D eigenvalue weighted by Crippen LogP contribution is 2.27. The van der Waals surface area contributed by atoms with Crippen molar-refractivity contribution >= 4 is 21.6 Å². The van der Waals surface area contributed by atoms with E-state index in [1.807, 2.05) is 31.2 Å². The maximum Gasteiger partial charge on any atom is 0.258 e. The number of sulfonamides is 1. The third-order valence-corrected chi connectivity index (χ3v) is 8.04. The molecule has 1 aliphatic heterocycles. The quantitative estimate of drug-likeness (QED) is 0.525. The number of nitrogens with zero attached hydrogens (tertiary/aromatic N) is 1. The second-order valence-electron chi connectivity index (χ2n) is 8.62. The van der Waals surface area contributed by atoms with Gasteiger partial charge in [-0.2, -0.15) is 4.31 Å². The molecule has 1 saturated heterocycles. The second kappa shape index (κ2) is 10.6. The number of anilines is 1. The summed E-state index contributed by atoms with van der Waals surface area (Å²) in [6.45, 7) is 4.71. The van der Waals surface area contributed by atoms with Crippen LogP contribution in [0.15, 0.2) is 71.6 Å². The summed E-state index contributed by atoms with van der Waals surface area (Å²) < 4.78 is 47.8. The number of nitrogens with one attached hydrogen (secondary N) is 2. The number of carbonyl (C=O) groups excluding carboxylic acids is 1. The summed E-state index contributed by atoms with van der Waals surface area (Å²) in [6.07, 6.45) is 0. The topological polar surface area (TPSA) is 80.1 Å². The minimum absolute atomic E-state index is 0.105. The highest BCUT2D eigenvalue weighted by atomic mass is 32.2. The van der Waals surface area contributed by atoms with Crippen molar-refractivity contribution in [1.29, 1.82) is 0 Å². The van der Waals surface area contributed by atoms with Gasteiger partial charge in [0.25, 0.3) is 5.91 Å². The summed E-state index contributed by atoms with van der Waals surface area (Å²) in [5, 5.41) is 2.63. The van der Waals surface area contributed by atoms with Gasteiger partial charge in [0.15, 0.2) is 0 Å². The van der Waals surface area contributed by atoms with E-state index in [-0.39, 0.29) is 10.5 Å². The molecule has 0 atom stereocenters. The number of halogens is 1. The fourth-order valence-corrected chi connectivity index (χ4v) is 5.67. The summed E-state index contributed by atoms with van der Waals surface area (Å²) in [7, 11) is -2.41. The lowest BCUT2D eigenvalue weighted by molar-refractivity contribution is -0.917. The number of rotatable bonds is 7. The van der Waals surface area contributed by atoms with E-state index in [4.69, 9.17) is 4.74 Å². The molecule has 3 aromatic carbocycles. The van der Waals surface area contributed by atoms with Gasteiger partial charge >= 0.3 is 0 Å². The van der Waals surface area contributed by atoms with Crippen LogP contribution >= 0.6 is 0 Å². The Balaban J connectivity index is 1.48. The average Bonchev–Trinajstić information content (AvgIpc) is 2.85. The lowest BCUT2D eigenvalue weighted by Crippen LogP contribution is -3.13. The fourth-order valence-electron chi connectivity index (χ4n) is 4.20. The number of carbonyl (C=O) groups is 1. The van der Waals surface area contributed by atoms with Crippen molar-refractivity contribution in [2.45, 2.75) is 18.4 Å². The highest BCUT2D eigenvalue weighted by Gasteiger charge is 2.31. The molecule has 35 heavy (non-hydrogen) atoms. The maximum absolute atomic E-state index is 14.6. The van der Waals surface area contributed by atoms with Gasteiger partial charge in [-0.1, -0.05) is 36.4 Å². The van der Waals surface area contributed by atoms with E-state index < -0.39 is 21.7 Å². The van der Waals surface area contributed by atoms with Gasteiger partial charge in [-0.3, -0.25) is 4.79 Å². The standard InChI is InChI=1S/C26H28FN3O4S/c1-19-8-11-25(34-2)24(16-19)28-26(31)22-17-21(9-10-23(22)27)35(32,33)30-14-12-29(13-15-30)18-20-6-4-3-5-7-20/h3-11,16-17H,12-15,18H2,1-2H3,(H,28,31)/p+1. The number of methoxy groups -OCH3 is 1. The summed E-state index contributed by atoms with van der Waals surface area (Å²) in [4.78, 5) is 14.1. The van der Waals surface area contributed by atoms with Gasteiger partial charge in [0.1, 0.15) is 18.1 Å². The molecule has 4 rings (SSSR count). The van der Waals surface area contributed by atoms with Crippen LogP contribution in [0.5, 0.6) is 5.75 Å². The minimum Gasteiger partial charge on any atom is -0.495 e. The maximum atomic E-state index is 14.6. The molecule has 0 radical (unpaired) electrons. The van der Waals surface area contributed by atoms with Crippen LogP contribution in [0.25, 0.3) is 0 Å². The van der Waals surface area contributed by atoms with Gasteiger partial charge in [0.2, 0.25) is 10.0 Å². The molecule has 0 aliphatic carbocycles. The van der Waals surface area contributed by atoms with Gasteiger partial charge in [0, 0.05) is 5.56 Å². The van der Waals surface area contributed by atoms with Crippen molar-refractivity contribution in [3.8, 4) is 5.75 Å². The molecule has 0 aromatic heterocycles. The summed E-state index contributed by atoms with van der Waals surface area (Å²) in [5.74, 6) is -1.13.